The second-order valence-electron chi connectivity index (χ2n) is 3.86. The fourth-order valence-corrected chi connectivity index (χ4v) is 1.42. The van der Waals surface area contributed by atoms with Gasteiger partial charge in [-0.1, -0.05) is 6.07 Å². The molecule has 1 aromatic rings. The van der Waals surface area contributed by atoms with Gasteiger partial charge in [0.2, 0.25) is 0 Å². The van der Waals surface area contributed by atoms with Crippen LogP contribution in [0, 0.1) is 0 Å². The van der Waals surface area contributed by atoms with Gasteiger partial charge in [-0.15, -0.1) is 0 Å². The van der Waals surface area contributed by atoms with Crippen molar-refractivity contribution in [3.8, 4) is 11.5 Å². The highest BCUT2D eigenvalue weighted by molar-refractivity contribution is 5.41. The molecule has 1 aromatic carbocycles. The Bertz CT molecular complexity index is 332. The van der Waals surface area contributed by atoms with E-state index in [9.17, 15) is 5.11 Å². The number of hydrogen-bond acceptors (Lipinski definition) is 3. The molecule has 13 heavy (non-hydrogen) atoms. The lowest BCUT2D eigenvalue weighted by molar-refractivity contribution is 0.403. The van der Waals surface area contributed by atoms with Crippen molar-refractivity contribution in [3.05, 3.63) is 23.8 Å². The average molecular weight is 179 g/mol. The fourth-order valence-electron chi connectivity index (χ4n) is 1.42. The number of hydrogen-bond donors (Lipinski definition) is 3. The van der Waals surface area contributed by atoms with Gasteiger partial charge in [-0.3, -0.25) is 0 Å². The Morgan fingerprint density at radius 1 is 1.23 bits per heavy atom. The van der Waals surface area contributed by atoms with Crippen molar-refractivity contribution in [3.63, 3.8) is 0 Å². The van der Waals surface area contributed by atoms with Crippen molar-refractivity contribution in [2.45, 2.75) is 24.8 Å². The van der Waals surface area contributed by atoms with Crippen molar-refractivity contribution in [1.82, 2.24) is 0 Å². The third-order valence-corrected chi connectivity index (χ3v) is 2.49. The van der Waals surface area contributed by atoms with Crippen LogP contribution in [0.2, 0.25) is 0 Å². The van der Waals surface area contributed by atoms with Gasteiger partial charge in [0.05, 0.1) is 0 Å². The monoisotopic (exact) mass is 179 g/mol. The topological polar surface area (TPSA) is 66.5 Å². The fraction of sp³-hybridized carbons (Fsp3) is 0.400. The van der Waals surface area contributed by atoms with Crippen LogP contribution in [0.1, 0.15) is 18.4 Å². The van der Waals surface area contributed by atoms with Crippen LogP contribution >= 0.6 is 0 Å². The molecule has 3 heteroatoms. The molecule has 4 N–H and O–H groups in total. The molecule has 0 amide bonds. The van der Waals surface area contributed by atoms with E-state index in [4.69, 9.17) is 10.8 Å². The van der Waals surface area contributed by atoms with E-state index in [2.05, 4.69) is 0 Å². The third kappa shape index (κ3) is 1.75. The van der Waals surface area contributed by atoms with Crippen molar-refractivity contribution >= 4 is 0 Å². The number of phenols is 2. The highest BCUT2D eigenvalue weighted by Crippen LogP contribution is 2.37. The van der Waals surface area contributed by atoms with E-state index in [0.29, 0.717) is 0 Å². The number of phenolic OH excluding ortho intramolecular Hbond substituents is 2. The summed E-state index contributed by atoms with van der Waals surface area (Å²) in [5.41, 5.74) is 6.85. The molecular formula is C10H13NO2. The normalized spacial score (nSPS) is 18.5. The van der Waals surface area contributed by atoms with Gasteiger partial charge in [0.1, 0.15) is 0 Å². The summed E-state index contributed by atoms with van der Waals surface area (Å²) in [6, 6.07) is 4.86. The zero-order chi connectivity index (χ0) is 9.47. The molecule has 0 atom stereocenters. The van der Waals surface area contributed by atoms with Crippen LogP contribution in [-0.4, -0.2) is 15.8 Å². The molecule has 0 radical (unpaired) electrons. The first-order chi connectivity index (χ1) is 6.09. The SMILES string of the molecule is NC1(Cc2ccc(O)c(O)c2)CC1. The Morgan fingerprint density at radius 3 is 2.46 bits per heavy atom. The molecule has 0 aromatic heterocycles. The van der Waals surface area contributed by atoms with Gasteiger partial charge >= 0.3 is 0 Å². The maximum Gasteiger partial charge on any atom is 0.157 e. The van der Waals surface area contributed by atoms with Crippen LogP contribution in [0.25, 0.3) is 0 Å². The second-order valence-corrected chi connectivity index (χ2v) is 3.86. The van der Waals surface area contributed by atoms with Crippen LogP contribution < -0.4 is 5.73 Å². The molecule has 0 spiro atoms. The van der Waals surface area contributed by atoms with Gasteiger partial charge in [-0.25, -0.2) is 0 Å². The minimum Gasteiger partial charge on any atom is -0.504 e. The minimum atomic E-state index is -0.0781. The summed E-state index contributed by atoms with van der Waals surface area (Å²) in [6.07, 6.45) is 2.88. The van der Waals surface area contributed by atoms with Gasteiger partial charge in [0.15, 0.2) is 11.5 Å². The molecule has 0 bridgehead atoms. The average Bonchev–Trinajstić information content (AvgIpc) is 2.76. The predicted octanol–water partition coefficient (Wildman–Crippen LogP) is 1.13. The molecular weight excluding hydrogens is 166 g/mol. The summed E-state index contributed by atoms with van der Waals surface area (Å²) in [4.78, 5) is 0. The van der Waals surface area contributed by atoms with Gasteiger partial charge in [0, 0.05) is 5.54 Å². The van der Waals surface area contributed by atoms with E-state index < -0.39 is 0 Å². The number of rotatable bonds is 2. The molecule has 0 unspecified atom stereocenters. The maximum absolute atomic E-state index is 9.23. The van der Waals surface area contributed by atoms with E-state index in [0.717, 1.165) is 24.8 Å². The van der Waals surface area contributed by atoms with Crippen LogP contribution in [0.4, 0.5) is 0 Å². The van der Waals surface area contributed by atoms with E-state index >= 15 is 0 Å². The lowest BCUT2D eigenvalue weighted by Gasteiger charge is -2.08. The highest BCUT2D eigenvalue weighted by atomic mass is 16.3. The molecule has 0 heterocycles. The molecule has 1 aliphatic rings. The first-order valence-corrected chi connectivity index (χ1v) is 4.39. The Hall–Kier alpha value is -1.22. The predicted molar refractivity (Wildman–Crippen MR) is 49.6 cm³/mol. The first-order valence-electron chi connectivity index (χ1n) is 4.39. The van der Waals surface area contributed by atoms with Gasteiger partial charge < -0.3 is 15.9 Å². The van der Waals surface area contributed by atoms with Crippen LogP contribution in [0.5, 0.6) is 11.5 Å². The summed E-state index contributed by atoms with van der Waals surface area (Å²) in [5, 5.41) is 18.3. The van der Waals surface area contributed by atoms with Crippen molar-refractivity contribution in [2.75, 3.05) is 0 Å². The van der Waals surface area contributed by atoms with Crippen LogP contribution in [-0.2, 0) is 6.42 Å². The number of nitrogens with two attached hydrogens (primary N) is 1. The van der Waals surface area contributed by atoms with E-state index in [-0.39, 0.29) is 17.0 Å². The quantitative estimate of drug-likeness (QED) is 0.596. The zero-order valence-corrected chi connectivity index (χ0v) is 7.33. The van der Waals surface area contributed by atoms with Crippen molar-refractivity contribution < 1.29 is 10.2 Å². The molecule has 3 nitrogen and oxygen atoms in total. The molecule has 0 saturated heterocycles. The Kier molecular flexibility index (Phi) is 1.70. The van der Waals surface area contributed by atoms with Crippen molar-refractivity contribution in [2.24, 2.45) is 5.73 Å². The largest absolute Gasteiger partial charge is 0.504 e. The highest BCUT2D eigenvalue weighted by Gasteiger charge is 2.37. The molecule has 2 rings (SSSR count). The summed E-state index contributed by atoms with van der Waals surface area (Å²) < 4.78 is 0. The molecule has 1 aliphatic carbocycles. The molecule has 70 valence electrons. The number of aromatic hydroxyl groups is 2. The van der Waals surface area contributed by atoms with E-state index in [1.54, 1.807) is 12.1 Å². The van der Waals surface area contributed by atoms with Crippen LogP contribution in [0.15, 0.2) is 18.2 Å². The lowest BCUT2D eigenvalue weighted by atomic mass is 10.0. The van der Waals surface area contributed by atoms with Crippen molar-refractivity contribution in [1.29, 1.82) is 0 Å². The maximum atomic E-state index is 9.23. The molecule has 0 aliphatic heterocycles. The standard InChI is InChI=1S/C10H13NO2/c11-10(3-4-10)6-7-1-2-8(12)9(13)5-7/h1-2,5,12-13H,3-4,6,11H2. The third-order valence-electron chi connectivity index (χ3n) is 2.49. The van der Waals surface area contributed by atoms with E-state index in [1.165, 1.54) is 6.07 Å². The Balaban J connectivity index is 2.17. The summed E-state index contributed by atoms with van der Waals surface area (Å²) in [7, 11) is 0. The van der Waals surface area contributed by atoms with Gasteiger partial charge in [0.25, 0.3) is 0 Å². The molecule has 1 fully saturated rings. The number of benzene rings is 1. The zero-order valence-electron chi connectivity index (χ0n) is 7.33. The smallest absolute Gasteiger partial charge is 0.157 e. The minimum absolute atomic E-state index is 0.0522. The first kappa shape index (κ1) is 8.38. The lowest BCUT2D eigenvalue weighted by Crippen LogP contribution is -2.24. The second kappa shape index (κ2) is 2.64. The van der Waals surface area contributed by atoms with Gasteiger partial charge in [-0.05, 0) is 37.0 Å². The molecule has 1 saturated carbocycles. The van der Waals surface area contributed by atoms with E-state index in [1.807, 2.05) is 0 Å². The Morgan fingerprint density at radius 2 is 1.92 bits per heavy atom. The van der Waals surface area contributed by atoms with Gasteiger partial charge in [-0.2, -0.15) is 0 Å². The summed E-state index contributed by atoms with van der Waals surface area (Å²) >= 11 is 0. The van der Waals surface area contributed by atoms with Crippen LogP contribution in [0.3, 0.4) is 0 Å². The summed E-state index contributed by atoms with van der Waals surface area (Å²) in [6.45, 7) is 0. The Labute approximate surface area is 76.8 Å². The summed E-state index contributed by atoms with van der Waals surface area (Å²) in [5.74, 6) is -0.146.